The van der Waals surface area contributed by atoms with E-state index in [9.17, 15) is 0 Å². The number of para-hydroxylation sites is 1. The third-order valence-electron chi connectivity index (χ3n) is 10.4. The fourth-order valence-electron chi connectivity index (χ4n) is 7.95. The van der Waals surface area contributed by atoms with Crippen molar-refractivity contribution in [2.24, 2.45) is 0 Å². The zero-order valence-corrected chi connectivity index (χ0v) is 28.4. The van der Waals surface area contributed by atoms with Gasteiger partial charge in [-0.3, -0.25) is 4.98 Å². The highest BCUT2D eigenvalue weighted by atomic mass is 16.3. The molecule has 5 heteroatoms. The molecule has 0 aliphatic rings. The molecule has 0 radical (unpaired) electrons. The van der Waals surface area contributed by atoms with Gasteiger partial charge in [0.15, 0.2) is 17.5 Å². The lowest BCUT2D eigenvalue weighted by Crippen LogP contribution is -2.01. The number of furan rings is 1. The molecule has 0 unspecified atom stereocenters. The second kappa shape index (κ2) is 11.7. The van der Waals surface area contributed by atoms with Crippen LogP contribution in [0.2, 0.25) is 0 Å². The third kappa shape index (κ3) is 4.71. The fraction of sp³-hybridized carbons (Fsp3) is 0. The van der Waals surface area contributed by atoms with Crippen LogP contribution in [-0.2, 0) is 0 Å². The molecule has 0 aliphatic carbocycles. The van der Waals surface area contributed by atoms with E-state index in [2.05, 4.69) is 114 Å². The highest BCUT2D eigenvalue weighted by molar-refractivity contribution is 6.23. The number of hydrogen-bond donors (Lipinski definition) is 0. The van der Waals surface area contributed by atoms with E-state index in [1.807, 2.05) is 60.9 Å². The quantitative estimate of drug-likeness (QED) is 0.174. The highest BCUT2D eigenvalue weighted by Crippen LogP contribution is 2.41. The second-order valence-corrected chi connectivity index (χ2v) is 13.4. The molecular formula is C48H28N4O. The van der Waals surface area contributed by atoms with E-state index in [1.54, 1.807) is 0 Å². The van der Waals surface area contributed by atoms with Gasteiger partial charge in [0.25, 0.3) is 0 Å². The molecule has 0 saturated heterocycles. The summed E-state index contributed by atoms with van der Waals surface area (Å²) >= 11 is 0. The average molecular weight is 677 g/mol. The summed E-state index contributed by atoms with van der Waals surface area (Å²) in [6, 6.07) is 54.8. The lowest BCUT2D eigenvalue weighted by atomic mass is 9.93. The Hall–Kier alpha value is -7.24. The monoisotopic (exact) mass is 676 g/mol. The molecule has 5 nitrogen and oxygen atoms in total. The summed E-state index contributed by atoms with van der Waals surface area (Å²) in [4.78, 5) is 19.9. The highest BCUT2D eigenvalue weighted by Gasteiger charge is 2.18. The van der Waals surface area contributed by atoms with Gasteiger partial charge in [0, 0.05) is 45.2 Å². The molecule has 0 aliphatic heterocycles. The summed E-state index contributed by atoms with van der Waals surface area (Å²) in [6.45, 7) is 0. The summed E-state index contributed by atoms with van der Waals surface area (Å²) in [7, 11) is 0. The standard InChI is InChI=1S/C48H28N4O/c1-2-10-30(11-3-1)46-50-47(52-48(51-46)40-27-32-21-20-29-24-25-49-28-41(29)44(32)37-14-5-4-13-36(37)40)33-22-23-34-31(26-33)12-8-16-35(34)38-17-9-19-43-45(38)39-15-6-7-18-42(39)53-43/h1-28H. The van der Waals surface area contributed by atoms with E-state index >= 15 is 0 Å². The van der Waals surface area contributed by atoms with Gasteiger partial charge in [0.05, 0.1) is 0 Å². The van der Waals surface area contributed by atoms with E-state index in [1.165, 1.54) is 5.39 Å². The summed E-state index contributed by atoms with van der Waals surface area (Å²) in [5, 5.41) is 11.3. The number of hydrogen-bond acceptors (Lipinski definition) is 5. The number of aromatic nitrogens is 4. The van der Waals surface area contributed by atoms with Gasteiger partial charge in [-0.05, 0) is 79.2 Å². The summed E-state index contributed by atoms with van der Waals surface area (Å²) in [5.74, 6) is 1.88. The molecule has 0 atom stereocenters. The zero-order valence-electron chi connectivity index (χ0n) is 28.4. The topological polar surface area (TPSA) is 64.7 Å². The van der Waals surface area contributed by atoms with Crippen molar-refractivity contribution in [1.29, 1.82) is 0 Å². The number of nitrogens with zero attached hydrogens (tertiary/aromatic N) is 4. The Labute approximate surface area is 303 Å². The Morgan fingerprint density at radius 2 is 1.08 bits per heavy atom. The maximum absolute atomic E-state index is 6.24. The van der Waals surface area contributed by atoms with Crippen molar-refractivity contribution in [3.63, 3.8) is 0 Å². The average Bonchev–Trinajstić information content (AvgIpc) is 3.62. The van der Waals surface area contributed by atoms with E-state index in [0.29, 0.717) is 17.5 Å². The molecule has 0 spiro atoms. The van der Waals surface area contributed by atoms with Gasteiger partial charge in [-0.15, -0.1) is 0 Å². The van der Waals surface area contributed by atoms with Gasteiger partial charge in [-0.25, -0.2) is 15.0 Å². The molecule has 246 valence electrons. The molecule has 0 saturated carbocycles. The Balaban J connectivity index is 1.12. The van der Waals surface area contributed by atoms with Gasteiger partial charge >= 0.3 is 0 Å². The fourth-order valence-corrected chi connectivity index (χ4v) is 7.95. The lowest BCUT2D eigenvalue weighted by Gasteiger charge is -2.14. The van der Waals surface area contributed by atoms with Crippen molar-refractivity contribution < 1.29 is 4.42 Å². The van der Waals surface area contributed by atoms with Gasteiger partial charge < -0.3 is 4.42 Å². The predicted octanol–water partition coefficient (Wildman–Crippen LogP) is 12.4. The molecule has 11 rings (SSSR count). The largest absolute Gasteiger partial charge is 0.456 e. The molecule has 8 aromatic carbocycles. The molecule has 0 amide bonds. The van der Waals surface area contributed by atoms with Crippen LogP contribution >= 0.6 is 0 Å². The van der Waals surface area contributed by atoms with E-state index in [4.69, 9.17) is 19.4 Å². The van der Waals surface area contributed by atoms with Crippen molar-refractivity contribution in [1.82, 2.24) is 19.9 Å². The number of pyridine rings is 1. The third-order valence-corrected chi connectivity index (χ3v) is 10.4. The van der Waals surface area contributed by atoms with Crippen LogP contribution in [0, 0.1) is 0 Å². The van der Waals surface area contributed by atoms with Crippen molar-refractivity contribution in [2.75, 3.05) is 0 Å². The molecule has 0 fully saturated rings. The molecule has 3 aromatic heterocycles. The van der Waals surface area contributed by atoms with Crippen LogP contribution in [0.5, 0.6) is 0 Å². The SMILES string of the molecule is c1ccc(-c2nc(-c3ccc4c(-c5cccc6oc7ccccc7c56)cccc4c3)nc(-c3cc4ccc5ccncc5c4c4ccccc34)n2)cc1. The second-order valence-electron chi connectivity index (χ2n) is 13.4. The van der Waals surface area contributed by atoms with Crippen LogP contribution < -0.4 is 0 Å². The first kappa shape index (κ1) is 29.5. The first-order valence-corrected chi connectivity index (χ1v) is 17.7. The van der Waals surface area contributed by atoms with E-state index in [-0.39, 0.29) is 0 Å². The first-order chi connectivity index (χ1) is 26.3. The van der Waals surface area contributed by atoms with Crippen LogP contribution in [0.1, 0.15) is 0 Å². The Bertz CT molecular complexity index is 3240. The van der Waals surface area contributed by atoms with Crippen molar-refractivity contribution in [3.05, 3.63) is 170 Å². The number of benzene rings is 8. The van der Waals surface area contributed by atoms with Gasteiger partial charge in [0.1, 0.15) is 11.2 Å². The molecule has 11 aromatic rings. The number of fused-ring (bicyclic) bond motifs is 9. The maximum Gasteiger partial charge on any atom is 0.164 e. The molecule has 0 N–H and O–H groups in total. The first-order valence-electron chi connectivity index (χ1n) is 17.7. The van der Waals surface area contributed by atoms with Crippen molar-refractivity contribution >= 4 is 65.0 Å². The van der Waals surface area contributed by atoms with E-state index in [0.717, 1.165) is 87.5 Å². The molecule has 53 heavy (non-hydrogen) atoms. The van der Waals surface area contributed by atoms with Crippen LogP contribution in [0.4, 0.5) is 0 Å². The summed E-state index contributed by atoms with van der Waals surface area (Å²) in [5.41, 5.74) is 6.88. The van der Waals surface area contributed by atoms with Gasteiger partial charge in [-0.1, -0.05) is 127 Å². The van der Waals surface area contributed by atoms with Crippen molar-refractivity contribution in [2.45, 2.75) is 0 Å². The minimum atomic E-state index is 0.621. The van der Waals surface area contributed by atoms with Gasteiger partial charge in [-0.2, -0.15) is 0 Å². The van der Waals surface area contributed by atoms with Crippen LogP contribution in [0.3, 0.4) is 0 Å². The van der Waals surface area contributed by atoms with Crippen LogP contribution in [0.15, 0.2) is 175 Å². The minimum Gasteiger partial charge on any atom is -0.456 e. The molecular weight excluding hydrogens is 649 g/mol. The lowest BCUT2D eigenvalue weighted by molar-refractivity contribution is 0.669. The van der Waals surface area contributed by atoms with Crippen LogP contribution in [0.25, 0.3) is 110 Å². The summed E-state index contributed by atoms with van der Waals surface area (Å²) < 4.78 is 6.24. The van der Waals surface area contributed by atoms with Crippen molar-refractivity contribution in [3.8, 4) is 45.3 Å². The molecule has 3 heterocycles. The minimum absolute atomic E-state index is 0.621. The smallest absolute Gasteiger partial charge is 0.164 e. The van der Waals surface area contributed by atoms with Crippen LogP contribution in [-0.4, -0.2) is 19.9 Å². The molecule has 0 bridgehead atoms. The Kier molecular flexibility index (Phi) is 6.48. The normalized spacial score (nSPS) is 11.8. The summed E-state index contributed by atoms with van der Waals surface area (Å²) in [6.07, 6.45) is 3.80. The Morgan fingerprint density at radius 3 is 1.98 bits per heavy atom. The predicted molar refractivity (Wildman–Crippen MR) is 217 cm³/mol. The van der Waals surface area contributed by atoms with E-state index < -0.39 is 0 Å². The Morgan fingerprint density at radius 1 is 0.358 bits per heavy atom. The zero-order chi connectivity index (χ0) is 34.9. The van der Waals surface area contributed by atoms with Gasteiger partial charge in [0.2, 0.25) is 0 Å². The number of rotatable bonds is 4. The maximum atomic E-state index is 6.24.